The lowest BCUT2D eigenvalue weighted by Crippen LogP contribution is -2.41. The van der Waals surface area contributed by atoms with Crippen molar-refractivity contribution in [1.29, 1.82) is 5.26 Å². The van der Waals surface area contributed by atoms with E-state index in [2.05, 4.69) is 21.3 Å². The number of nitriles is 1. The number of unbranched alkanes of at least 4 members (excludes halogenated alkanes) is 1. The molecule has 3 aromatic rings. The van der Waals surface area contributed by atoms with Gasteiger partial charge in [-0.3, -0.25) is 19.2 Å². The molecule has 0 saturated carbocycles. The smallest absolute Gasteiger partial charge is 0.255 e. The molecule has 3 rings (SSSR count). The first kappa shape index (κ1) is 29.6. The Hall–Kier alpha value is -4.91. The summed E-state index contributed by atoms with van der Waals surface area (Å²) in [4.78, 5) is 49.5. The van der Waals surface area contributed by atoms with Crippen molar-refractivity contribution in [3.8, 4) is 11.8 Å². The van der Waals surface area contributed by atoms with Gasteiger partial charge in [0.05, 0.1) is 30.3 Å². The van der Waals surface area contributed by atoms with Gasteiger partial charge in [-0.25, -0.2) is 0 Å². The number of hydrogen-bond donors (Lipinski definition) is 4. The first-order valence-corrected chi connectivity index (χ1v) is 13.0. The fraction of sp³-hybridized carbons (Fsp3) is 0.300. The minimum Gasteiger partial charge on any atom is -0.493 e. The number of carbonyl (C=O) groups excluding carboxylic acids is 4. The summed E-state index contributed by atoms with van der Waals surface area (Å²) in [5.41, 5.74) is 1.61. The van der Waals surface area contributed by atoms with Gasteiger partial charge in [-0.15, -0.1) is 0 Å². The average molecular weight is 544 g/mol. The van der Waals surface area contributed by atoms with E-state index in [9.17, 15) is 19.2 Å². The number of hydrogen-bond acceptors (Lipinski definition) is 6. The summed E-state index contributed by atoms with van der Waals surface area (Å²) in [6.45, 7) is 0.498. The van der Waals surface area contributed by atoms with E-state index in [0.717, 1.165) is 16.3 Å². The molecule has 208 valence electrons. The third-order valence-electron chi connectivity index (χ3n) is 6.31. The molecule has 3 aromatic carbocycles. The predicted molar refractivity (Wildman–Crippen MR) is 151 cm³/mol. The molecule has 0 aliphatic heterocycles. The quantitative estimate of drug-likeness (QED) is 0.192. The van der Waals surface area contributed by atoms with Gasteiger partial charge in [-0.2, -0.15) is 5.26 Å². The summed E-state index contributed by atoms with van der Waals surface area (Å²) in [5, 5.41) is 21.2. The second-order valence-corrected chi connectivity index (χ2v) is 9.08. The number of fused-ring (bicyclic) bond motifs is 1. The third kappa shape index (κ3) is 8.30. The summed E-state index contributed by atoms with van der Waals surface area (Å²) < 4.78 is 5.95. The molecule has 0 aromatic heterocycles. The van der Waals surface area contributed by atoms with E-state index in [1.54, 1.807) is 36.4 Å². The van der Waals surface area contributed by atoms with E-state index in [-0.39, 0.29) is 30.7 Å². The summed E-state index contributed by atoms with van der Waals surface area (Å²) in [7, 11) is 2.98. The van der Waals surface area contributed by atoms with Crippen LogP contribution in [0.2, 0.25) is 0 Å². The second kappa shape index (κ2) is 14.9. The van der Waals surface area contributed by atoms with Crippen molar-refractivity contribution in [2.75, 3.05) is 33.8 Å². The topological polar surface area (TPSA) is 149 Å². The molecule has 0 aliphatic carbocycles. The van der Waals surface area contributed by atoms with Crippen LogP contribution in [-0.2, 0) is 20.8 Å². The minimum absolute atomic E-state index is 0.149. The maximum Gasteiger partial charge on any atom is 0.255 e. The molecule has 0 radical (unpaired) electrons. The van der Waals surface area contributed by atoms with Crippen LogP contribution in [0.1, 0.15) is 34.3 Å². The molecular weight excluding hydrogens is 510 g/mol. The van der Waals surface area contributed by atoms with Crippen molar-refractivity contribution in [1.82, 2.24) is 21.3 Å². The first-order valence-electron chi connectivity index (χ1n) is 13.0. The van der Waals surface area contributed by atoms with Crippen molar-refractivity contribution in [3.05, 3.63) is 77.4 Å². The highest BCUT2D eigenvalue weighted by Crippen LogP contribution is 2.26. The largest absolute Gasteiger partial charge is 0.493 e. The Kier molecular flexibility index (Phi) is 11.0. The highest BCUT2D eigenvalue weighted by molar-refractivity contribution is 6.03. The zero-order chi connectivity index (χ0) is 28.9. The van der Waals surface area contributed by atoms with Crippen molar-refractivity contribution in [3.63, 3.8) is 0 Å². The van der Waals surface area contributed by atoms with Gasteiger partial charge in [0.1, 0.15) is 11.7 Å². The Labute approximate surface area is 233 Å². The van der Waals surface area contributed by atoms with Crippen molar-refractivity contribution in [2.24, 2.45) is 5.92 Å². The highest BCUT2D eigenvalue weighted by Gasteiger charge is 2.25. The van der Waals surface area contributed by atoms with Crippen molar-refractivity contribution < 1.29 is 23.9 Å². The number of ether oxygens (including phenoxy) is 1. The van der Waals surface area contributed by atoms with Crippen LogP contribution in [0.3, 0.4) is 0 Å². The first-order chi connectivity index (χ1) is 19.4. The fourth-order valence-corrected chi connectivity index (χ4v) is 4.03. The molecule has 0 fully saturated rings. The van der Waals surface area contributed by atoms with Gasteiger partial charge in [-0.05, 0) is 59.9 Å². The zero-order valence-electron chi connectivity index (χ0n) is 22.6. The van der Waals surface area contributed by atoms with Crippen LogP contribution >= 0.6 is 0 Å². The van der Waals surface area contributed by atoms with E-state index in [0.29, 0.717) is 42.9 Å². The number of rotatable bonds is 13. The molecule has 4 amide bonds. The lowest BCUT2D eigenvalue weighted by molar-refractivity contribution is -0.135. The highest BCUT2D eigenvalue weighted by atomic mass is 16.5. The Balaban J connectivity index is 1.54. The Bertz CT molecular complexity index is 1400. The van der Waals surface area contributed by atoms with Crippen LogP contribution in [0, 0.1) is 17.2 Å². The molecule has 1 unspecified atom stereocenters. The predicted octanol–water partition coefficient (Wildman–Crippen LogP) is 2.07. The van der Waals surface area contributed by atoms with Gasteiger partial charge in [0, 0.05) is 20.6 Å². The van der Waals surface area contributed by atoms with E-state index < -0.39 is 11.8 Å². The lowest BCUT2D eigenvalue weighted by atomic mass is 9.97. The molecule has 10 heteroatoms. The van der Waals surface area contributed by atoms with Crippen LogP contribution in [-0.4, -0.2) is 57.4 Å². The van der Waals surface area contributed by atoms with Gasteiger partial charge in [0.15, 0.2) is 0 Å². The molecule has 0 spiro atoms. The monoisotopic (exact) mass is 543 g/mol. The number of nitrogens with one attached hydrogen (secondary N) is 4. The minimum atomic E-state index is -0.900. The van der Waals surface area contributed by atoms with Gasteiger partial charge < -0.3 is 26.0 Å². The number of amides is 4. The van der Waals surface area contributed by atoms with Crippen LogP contribution in [0.25, 0.3) is 10.8 Å². The van der Waals surface area contributed by atoms with Crippen LogP contribution in [0.4, 0.5) is 0 Å². The summed E-state index contributed by atoms with van der Waals surface area (Å²) in [5.74, 6) is -1.99. The van der Waals surface area contributed by atoms with Crippen LogP contribution < -0.4 is 26.0 Å². The second-order valence-electron chi connectivity index (χ2n) is 9.08. The van der Waals surface area contributed by atoms with Gasteiger partial charge in [-0.1, -0.05) is 36.4 Å². The summed E-state index contributed by atoms with van der Waals surface area (Å²) >= 11 is 0. The molecule has 1 atom stereocenters. The fourth-order valence-electron chi connectivity index (χ4n) is 4.03. The number of benzene rings is 3. The number of nitrogens with zero attached hydrogens (tertiary/aromatic N) is 1. The molecule has 0 aliphatic rings. The van der Waals surface area contributed by atoms with Crippen LogP contribution in [0.15, 0.2) is 60.7 Å². The van der Waals surface area contributed by atoms with E-state index in [1.807, 2.05) is 30.3 Å². The Morgan fingerprint density at radius 1 is 0.875 bits per heavy atom. The molecule has 0 saturated heterocycles. The van der Waals surface area contributed by atoms with Gasteiger partial charge in [0.2, 0.25) is 17.7 Å². The zero-order valence-corrected chi connectivity index (χ0v) is 22.6. The maximum absolute atomic E-state index is 12.8. The van der Waals surface area contributed by atoms with Crippen molar-refractivity contribution >= 4 is 34.4 Å². The maximum atomic E-state index is 12.8. The Morgan fingerprint density at radius 2 is 1.57 bits per heavy atom. The molecular formula is C30H33N5O5. The SMILES string of the molecule is CNC(=O)CNC(=O)c1cc2ccccc2cc1OCCCCNC(=O)C(Cc1ccc(C#N)cc1)C(=O)NC. The third-order valence-corrected chi connectivity index (χ3v) is 6.31. The number of carbonyl (C=O) groups is 4. The standard InChI is InChI=1S/C30H33N5O5/c1-32-27(36)19-35-29(38)24-16-22-7-3-4-8-23(22)17-26(24)40-14-6-5-13-34-30(39)25(28(37)33-2)15-20-9-11-21(18-31)12-10-20/h3-4,7-12,16-17,25H,5-6,13-15,19H2,1-2H3,(H,32,36)(H,33,37)(H,34,39)(H,35,38). The Morgan fingerprint density at radius 3 is 2.23 bits per heavy atom. The molecule has 0 heterocycles. The van der Waals surface area contributed by atoms with Gasteiger partial charge in [0.25, 0.3) is 5.91 Å². The van der Waals surface area contributed by atoms with E-state index >= 15 is 0 Å². The molecule has 40 heavy (non-hydrogen) atoms. The lowest BCUT2D eigenvalue weighted by Gasteiger charge is -2.16. The van der Waals surface area contributed by atoms with E-state index in [1.165, 1.54) is 14.1 Å². The van der Waals surface area contributed by atoms with Gasteiger partial charge >= 0.3 is 0 Å². The molecule has 4 N–H and O–H groups in total. The summed E-state index contributed by atoms with van der Waals surface area (Å²) in [6, 6.07) is 19.9. The average Bonchev–Trinajstić information content (AvgIpc) is 2.99. The number of likely N-dealkylation sites (N-methyl/N-ethyl adjacent to an activating group) is 1. The van der Waals surface area contributed by atoms with Crippen LogP contribution in [0.5, 0.6) is 5.75 Å². The molecule has 0 bridgehead atoms. The normalized spacial score (nSPS) is 11.1. The summed E-state index contributed by atoms with van der Waals surface area (Å²) in [6.07, 6.45) is 1.40. The molecule has 10 nitrogen and oxygen atoms in total. The van der Waals surface area contributed by atoms with E-state index in [4.69, 9.17) is 10.00 Å². The van der Waals surface area contributed by atoms with Crippen molar-refractivity contribution in [2.45, 2.75) is 19.3 Å².